The number of carbonyl (C=O) groups is 1. The summed E-state index contributed by atoms with van der Waals surface area (Å²) in [7, 11) is 0. The van der Waals surface area contributed by atoms with E-state index in [0.717, 1.165) is 16.9 Å². The molecule has 0 atom stereocenters. The van der Waals surface area contributed by atoms with E-state index in [2.05, 4.69) is 16.8 Å². The Labute approximate surface area is 151 Å². The maximum Gasteiger partial charge on any atom is 0.293 e. The van der Waals surface area contributed by atoms with Crippen molar-refractivity contribution in [3.05, 3.63) is 95.3 Å². The van der Waals surface area contributed by atoms with Gasteiger partial charge in [-0.15, -0.1) is 0 Å². The SMILES string of the molecule is O=C(NO)c1cc(C#Cc2ccc(OCc3ccccc3)cc2)ccn1. The van der Waals surface area contributed by atoms with Crippen LogP contribution >= 0.6 is 0 Å². The summed E-state index contributed by atoms with van der Waals surface area (Å²) < 4.78 is 5.74. The third-order valence-electron chi connectivity index (χ3n) is 3.55. The Morgan fingerprint density at radius 2 is 1.73 bits per heavy atom. The molecule has 0 aliphatic carbocycles. The minimum atomic E-state index is -0.673. The van der Waals surface area contributed by atoms with E-state index in [-0.39, 0.29) is 5.69 Å². The van der Waals surface area contributed by atoms with Crippen molar-refractivity contribution in [1.29, 1.82) is 0 Å². The lowest BCUT2D eigenvalue weighted by Crippen LogP contribution is -2.19. The molecule has 0 saturated heterocycles. The number of nitrogens with zero attached hydrogens (tertiary/aromatic N) is 1. The summed E-state index contributed by atoms with van der Waals surface area (Å²) in [4.78, 5) is 15.2. The van der Waals surface area contributed by atoms with Gasteiger partial charge in [0.05, 0.1) is 0 Å². The molecule has 0 aliphatic rings. The molecule has 0 aliphatic heterocycles. The van der Waals surface area contributed by atoms with E-state index >= 15 is 0 Å². The first kappa shape index (κ1) is 17.2. The average Bonchev–Trinajstić information content (AvgIpc) is 2.72. The van der Waals surface area contributed by atoms with Gasteiger partial charge in [0.1, 0.15) is 18.1 Å². The molecule has 0 saturated carbocycles. The van der Waals surface area contributed by atoms with E-state index in [1.165, 1.54) is 12.3 Å². The summed E-state index contributed by atoms with van der Waals surface area (Å²) in [5, 5.41) is 8.64. The Balaban J connectivity index is 1.65. The smallest absolute Gasteiger partial charge is 0.293 e. The van der Waals surface area contributed by atoms with E-state index in [1.54, 1.807) is 11.5 Å². The number of hydrogen-bond donors (Lipinski definition) is 2. The van der Waals surface area contributed by atoms with Gasteiger partial charge in [-0.05, 0) is 42.0 Å². The van der Waals surface area contributed by atoms with Crippen LogP contribution in [0, 0.1) is 11.8 Å². The predicted octanol–water partition coefficient (Wildman–Crippen LogP) is 3.18. The molecule has 5 heteroatoms. The molecule has 0 spiro atoms. The topological polar surface area (TPSA) is 71.5 Å². The van der Waals surface area contributed by atoms with Crippen LogP contribution < -0.4 is 10.2 Å². The first-order valence-electron chi connectivity index (χ1n) is 7.94. The molecule has 1 amide bonds. The van der Waals surface area contributed by atoms with Crippen molar-refractivity contribution in [3.63, 3.8) is 0 Å². The van der Waals surface area contributed by atoms with Gasteiger partial charge >= 0.3 is 0 Å². The minimum absolute atomic E-state index is 0.101. The lowest BCUT2D eigenvalue weighted by molar-refractivity contribution is 0.0700. The van der Waals surface area contributed by atoms with Crippen LogP contribution in [-0.2, 0) is 6.61 Å². The third kappa shape index (κ3) is 4.69. The number of carbonyl (C=O) groups excluding carboxylic acids is 1. The van der Waals surface area contributed by atoms with E-state index in [0.29, 0.717) is 12.2 Å². The fraction of sp³-hybridized carbons (Fsp3) is 0.0476. The highest BCUT2D eigenvalue weighted by Gasteiger charge is 2.05. The van der Waals surface area contributed by atoms with Crippen molar-refractivity contribution < 1.29 is 14.7 Å². The van der Waals surface area contributed by atoms with Crippen molar-refractivity contribution in [2.45, 2.75) is 6.61 Å². The number of ether oxygens (including phenoxy) is 1. The van der Waals surface area contributed by atoms with Gasteiger partial charge in [0.15, 0.2) is 0 Å². The number of benzene rings is 2. The number of hydrogen-bond acceptors (Lipinski definition) is 4. The quantitative estimate of drug-likeness (QED) is 0.433. The normalized spacial score (nSPS) is 9.73. The molecular weight excluding hydrogens is 328 g/mol. The maximum absolute atomic E-state index is 11.4. The van der Waals surface area contributed by atoms with Gasteiger partial charge in [0.2, 0.25) is 0 Å². The Morgan fingerprint density at radius 1 is 1.00 bits per heavy atom. The van der Waals surface area contributed by atoms with Crippen molar-refractivity contribution in [1.82, 2.24) is 10.5 Å². The van der Waals surface area contributed by atoms with Crippen LogP contribution in [-0.4, -0.2) is 16.1 Å². The van der Waals surface area contributed by atoms with Crippen LogP contribution in [0.15, 0.2) is 72.9 Å². The van der Waals surface area contributed by atoms with Gasteiger partial charge in [-0.25, -0.2) is 5.48 Å². The van der Waals surface area contributed by atoms with Gasteiger partial charge in [-0.3, -0.25) is 15.0 Å². The third-order valence-corrected chi connectivity index (χ3v) is 3.55. The van der Waals surface area contributed by atoms with Gasteiger partial charge in [-0.1, -0.05) is 42.2 Å². The van der Waals surface area contributed by atoms with E-state index in [9.17, 15) is 4.79 Å². The summed E-state index contributed by atoms with van der Waals surface area (Å²) in [5.74, 6) is 6.08. The summed E-state index contributed by atoms with van der Waals surface area (Å²) >= 11 is 0. The lowest BCUT2D eigenvalue weighted by Gasteiger charge is -2.05. The van der Waals surface area contributed by atoms with Crippen LogP contribution in [0.2, 0.25) is 0 Å². The fourth-order valence-electron chi connectivity index (χ4n) is 2.21. The molecule has 3 rings (SSSR count). The molecule has 26 heavy (non-hydrogen) atoms. The number of hydroxylamine groups is 1. The second kappa shape index (κ2) is 8.47. The van der Waals surface area contributed by atoms with Gasteiger partial charge in [0, 0.05) is 17.3 Å². The van der Waals surface area contributed by atoms with Gasteiger partial charge in [-0.2, -0.15) is 0 Å². The summed E-state index contributed by atoms with van der Waals surface area (Å²) in [5.41, 5.74) is 4.21. The molecule has 2 N–H and O–H groups in total. The highest BCUT2D eigenvalue weighted by Crippen LogP contribution is 2.14. The Bertz CT molecular complexity index is 942. The fourth-order valence-corrected chi connectivity index (χ4v) is 2.21. The number of rotatable bonds is 4. The highest BCUT2D eigenvalue weighted by atomic mass is 16.5. The predicted molar refractivity (Wildman–Crippen MR) is 96.7 cm³/mol. The molecule has 0 unspecified atom stereocenters. The molecule has 0 fully saturated rings. The maximum atomic E-state index is 11.4. The van der Waals surface area contributed by atoms with Crippen molar-refractivity contribution in [2.24, 2.45) is 0 Å². The van der Waals surface area contributed by atoms with Crippen LogP contribution in [0.5, 0.6) is 5.75 Å². The van der Waals surface area contributed by atoms with Crippen molar-refractivity contribution >= 4 is 5.91 Å². The zero-order chi connectivity index (χ0) is 18.2. The molecule has 0 bridgehead atoms. The van der Waals surface area contributed by atoms with Crippen molar-refractivity contribution in [3.8, 4) is 17.6 Å². The molecule has 1 aromatic heterocycles. The standard InChI is InChI=1S/C21H16N2O3/c24-21(23-25)20-14-17(12-13-22-20)7-6-16-8-10-19(11-9-16)26-15-18-4-2-1-3-5-18/h1-5,8-14,25H,15H2,(H,23,24). The zero-order valence-corrected chi connectivity index (χ0v) is 13.8. The second-order valence-corrected chi connectivity index (χ2v) is 5.42. The number of aromatic nitrogens is 1. The Hall–Kier alpha value is -3.62. The van der Waals surface area contributed by atoms with E-state index in [4.69, 9.17) is 9.94 Å². The first-order chi connectivity index (χ1) is 12.7. The molecular formula is C21H16N2O3. The number of amides is 1. The minimum Gasteiger partial charge on any atom is -0.489 e. The second-order valence-electron chi connectivity index (χ2n) is 5.42. The van der Waals surface area contributed by atoms with Crippen LogP contribution in [0.3, 0.4) is 0 Å². The summed E-state index contributed by atoms with van der Waals surface area (Å²) in [6.45, 7) is 0.512. The van der Waals surface area contributed by atoms with Gasteiger partial charge in [0.25, 0.3) is 5.91 Å². The largest absolute Gasteiger partial charge is 0.489 e. The zero-order valence-electron chi connectivity index (χ0n) is 13.8. The molecule has 3 aromatic rings. The van der Waals surface area contributed by atoms with Crippen LogP contribution in [0.1, 0.15) is 27.2 Å². The van der Waals surface area contributed by atoms with Crippen LogP contribution in [0.25, 0.3) is 0 Å². The summed E-state index contributed by atoms with van der Waals surface area (Å²) in [6.07, 6.45) is 1.47. The average molecular weight is 344 g/mol. The van der Waals surface area contributed by atoms with E-state index in [1.807, 2.05) is 54.6 Å². The highest BCUT2D eigenvalue weighted by molar-refractivity contribution is 5.91. The van der Waals surface area contributed by atoms with E-state index < -0.39 is 5.91 Å². The lowest BCUT2D eigenvalue weighted by atomic mass is 10.2. The van der Waals surface area contributed by atoms with Gasteiger partial charge < -0.3 is 4.74 Å². The molecule has 1 heterocycles. The molecule has 5 nitrogen and oxygen atoms in total. The summed E-state index contributed by atoms with van der Waals surface area (Å²) in [6, 6.07) is 20.6. The molecule has 0 radical (unpaired) electrons. The van der Waals surface area contributed by atoms with Crippen LogP contribution in [0.4, 0.5) is 0 Å². The Morgan fingerprint density at radius 3 is 2.46 bits per heavy atom. The monoisotopic (exact) mass is 344 g/mol. The molecule has 128 valence electrons. The molecule has 2 aromatic carbocycles. The van der Waals surface area contributed by atoms with Crippen molar-refractivity contribution in [2.75, 3.05) is 0 Å². The number of nitrogens with one attached hydrogen (secondary N) is 1. The Kier molecular flexibility index (Phi) is 5.61. The first-order valence-corrected chi connectivity index (χ1v) is 7.94. The number of pyridine rings is 1.